The Bertz CT molecular complexity index is 638. The molecule has 4 heteroatoms. The lowest BCUT2D eigenvalue weighted by Crippen LogP contribution is -2.37. The van der Waals surface area contributed by atoms with Crippen molar-refractivity contribution in [2.45, 2.75) is 0 Å². The van der Waals surface area contributed by atoms with Crippen LogP contribution in [0.25, 0.3) is 5.70 Å². The Balaban J connectivity index is 2.15. The fraction of sp³-hybridized carbons (Fsp3) is 0.118. The third-order valence-corrected chi connectivity index (χ3v) is 3.55. The molecule has 0 aliphatic rings. The Morgan fingerprint density at radius 2 is 1.57 bits per heavy atom. The molecule has 0 bridgehead atoms. The van der Waals surface area contributed by atoms with Crippen molar-refractivity contribution in [1.29, 1.82) is 0 Å². The molecule has 2 amide bonds. The van der Waals surface area contributed by atoms with Crippen LogP contribution in [0.4, 0.5) is 10.5 Å². The molecule has 0 saturated heterocycles. The molecule has 2 aromatic carbocycles. The van der Waals surface area contributed by atoms with Crippen LogP contribution < -0.4 is 4.90 Å². The average Bonchev–Trinajstić information content (AvgIpc) is 2.53. The van der Waals surface area contributed by atoms with Gasteiger partial charge in [0.1, 0.15) is 0 Å². The van der Waals surface area contributed by atoms with Crippen LogP contribution in [0.5, 0.6) is 0 Å². The third kappa shape index (κ3) is 3.44. The van der Waals surface area contributed by atoms with Crippen molar-refractivity contribution in [3.63, 3.8) is 0 Å². The Kier molecular flexibility index (Phi) is 4.66. The lowest BCUT2D eigenvalue weighted by molar-refractivity contribution is 0.232. The summed E-state index contributed by atoms with van der Waals surface area (Å²) < 4.78 is 0. The highest BCUT2D eigenvalue weighted by molar-refractivity contribution is 6.30. The van der Waals surface area contributed by atoms with Crippen LogP contribution in [-0.2, 0) is 0 Å². The monoisotopic (exact) mass is 300 g/mol. The van der Waals surface area contributed by atoms with Crippen molar-refractivity contribution in [2.75, 3.05) is 19.0 Å². The molecule has 0 radical (unpaired) electrons. The first-order chi connectivity index (χ1) is 10.0. The highest BCUT2D eigenvalue weighted by Crippen LogP contribution is 2.21. The van der Waals surface area contributed by atoms with E-state index in [1.165, 1.54) is 4.90 Å². The molecule has 0 aliphatic carbocycles. The number of carbonyl (C=O) groups excluding carboxylic acids is 1. The number of anilines is 1. The van der Waals surface area contributed by atoms with Gasteiger partial charge >= 0.3 is 6.03 Å². The molecule has 3 nitrogen and oxygen atoms in total. The van der Waals surface area contributed by atoms with Gasteiger partial charge in [-0.1, -0.05) is 48.5 Å². The lowest BCUT2D eigenvalue weighted by Gasteiger charge is -2.26. The predicted molar refractivity (Wildman–Crippen MR) is 88.5 cm³/mol. The van der Waals surface area contributed by atoms with Crippen LogP contribution in [0, 0.1) is 0 Å². The zero-order valence-electron chi connectivity index (χ0n) is 12.1. The van der Waals surface area contributed by atoms with E-state index in [9.17, 15) is 4.79 Å². The summed E-state index contributed by atoms with van der Waals surface area (Å²) in [5.41, 5.74) is 2.34. The molecular formula is C17H17ClN2O. The van der Waals surface area contributed by atoms with Crippen molar-refractivity contribution >= 4 is 29.0 Å². The minimum Gasteiger partial charge on any atom is -0.297 e. The summed E-state index contributed by atoms with van der Waals surface area (Å²) in [7, 11) is 3.43. The molecular weight excluding hydrogens is 284 g/mol. The molecule has 21 heavy (non-hydrogen) atoms. The van der Waals surface area contributed by atoms with E-state index in [1.807, 2.05) is 30.3 Å². The number of hydrogen-bond acceptors (Lipinski definition) is 1. The second kappa shape index (κ2) is 6.46. The third-order valence-electron chi connectivity index (χ3n) is 3.30. The van der Waals surface area contributed by atoms with E-state index >= 15 is 0 Å². The zero-order chi connectivity index (χ0) is 15.4. The normalized spacial score (nSPS) is 10.0. The summed E-state index contributed by atoms with van der Waals surface area (Å²) >= 11 is 5.86. The fourth-order valence-corrected chi connectivity index (χ4v) is 2.07. The average molecular weight is 301 g/mol. The quantitative estimate of drug-likeness (QED) is 0.818. The minimum absolute atomic E-state index is 0.161. The van der Waals surface area contributed by atoms with Gasteiger partial charge in [-0.05, 0) is 29.8 Å². The number of carbonyl (C=O) groups is 1. The Morgan fingerprint density at radius 1 is 1.00 bits per heavy atom. The number of benzene rings is 2. The summed E-state index contributed by atoms with van der Waals surface area (Å²) in [6, 6.07) is 16.6. The maximum Gasteiger partial charge on any atom is 0.328 e. The fourth-order valence-electron chi connectivity index (χ4n) is 1.94. The van der Waals surface area contributed by atoms with Crippen molar-refractivity contribution in [2.24, 2.45) is 0 Å². The van der Waals surface area contributed by atoms with E-state index in [1.54, 1.807) is 43.3 Å². The summed E-state index contributed by atoms with van der Waals surface area (Å²) in [5.74, 6) is 0. The van der Waals surface area contributed by atoms with Gasteiger partial charge in [-0.15, -0.1) is 0 Å². The minimum atomic E-state index is -0.161. The SMILES string of the molecule is C=C(c1ccccc1)N(C)C(=O)N(C)c1ccc(Cl)cc1. The first-order valence-corrected chi connectivity index (χ1v) is 6.90. The standard InChI is InChI=1S/C17H17ClN2O/c1-13(14-7-5-4-6-8-14)19(2)17(21)20(3)16-11-9-15(18)10-12-16/h4-12H,1H2,2-3H3. The number of halogens is 1. The van der Waals surface area contributed by atoms with E-state index in [0.717, 1.165) is 11.3 Å². The molecule has 0 atom stereocenters. The maximum absolute atomic E-state index is 12.5. The van der Waals surface area contributed by atoms with Gasteiger partial charge in [-0.25, -0.2) is 4.79 Å². The molecule has 0 spiro atoms. The van der Waals surface area contributed by atoms with Crippen LogP contribution in [0.15, 0.2) is 61.2 Å². The van der Waals surface area contributed by atoms with Gasteiger partial charge in [0.25, 0.3) is 0 Å². The number of amides is 2. The zero-order valence-corrected chi connectivity index (χ0v) is 12.8. The molecule has 0 aliphatic heterocycles. The van der Waals surface area contributed by atoms with Gasteiger partial charge in [0.15, 0.2) is 0 Å². The second-order valence-corrected chi connectivity index (χ2v) is 5.13. The molecule has 0 fully saturated rings. The molecule has 0 unspecified atom stereocenters. The van der Waals surface area contributed by atoms with E-state index in [0.29, 0.717) is 10.7 Å². The molecule has 0 heterocycles. The predicted octanol–water partition coefficient (Wildman–Crippen LogP) is 4.50. The number of hydrogen-bond donors (Lipinski definition) is 0. The Labute approximate surface area is 130 Å². The van der Waals surface area contributed by atoms with Gasteiger partial charge in [0.2, 0.25) is 0 Å². The van der Waals surface area contributed by atoms with Crippen LogP contribution in [0.3, 0.4) is 0 Å². The van der Waals surface area contributed by atoms with Crippen LogP contribution in [0.2, 0.25) is 5.02 Å². The van der Waals surface area contributed by atoms with Gasteiger partial charge < -0.3 is 0 Å². The summed E-state index contributed by atoms with van der Waals surface area (Å²) in [5, 5.41) is 0.640. The smallest absolute Gasteiger partial charge is 0.297 e. The number of rotatable bonds is 3. The largest absolute Gasteiger partial charge is 0.328 e. The van der Waals surface area contributed by atoms with Crippen molar-refractivity contribution < 1.29 is 4.79 Å². The van der Waals surface area contributed by atoms with Gasteiger partial charge in [-0.2, -0.15) is 0 Å². The van der Waals surface area contributed by atoms with Gasteiger partial charge in [0, 0.05) is 30.5 Å². The summed E-state index contributed by atoms with van der Waals surface area (Å²) in [6.07, 6.45) is 0. The van der Waals surface area contributed by atoms with Crippen molar-refractivity contribution in [1.82, 2.24) is 4.90 Å². The summed E-state index contributed by atoms with van der Waals surface area (Å²) in [6.45, 7) is 3.99. The molecule has 108 valence electrons. The number of nitrogens with zero attached hydrogens (tertiary/aromatic N) is 2. The summed E-state index contributed by atoms with van der Waals surface area (Å²) in [4.78, 5) is 15.6. The first-order valence-electron chi connectivity index (χ1n) is 6.52. The van der Waals surface area contributed by atoms with E-state index in [2.05, 4.69) is 6.58 Å². The maximum atomic E-state index is 12.5. The molecule has 0 saturated carbocycles. The van der Waals surface area contributed by atoms with E-state index in [-0.39, 0.29) is 6.03 Å². The van der Waals surface area contributed by atoms with Crippen LogP contribution in [0.1, 0.15) is 5.56 Å². The number of urea groups is 1. The van der Waals surface area contributed by atoms with Crippen LogP contribution in [-0.4, -0.2) is 25.0 Å². The highest BCUT2D eigenvalue weighted by atomic mass is 35.5. The highest BCUT2D eigenvalue weighted by Gasteiger charge is 2.18. The van der Waals surface area contributed by atoms with E-state index < -0.39 is 0 Å². The van der Waals surface area contributed by atoms with E-state index in [4.69, 9.17) is 11.6 Å². The molecule has 0 aromatic heterocycles. The van der Waals surface area contributed by atoms with Gasteiger partial charge in [0.05, 0.1) is 0 Å². The van der Waals surface area contributed by atoms with Crippen LogP contribution >= 0.6 is 11.6 Å². The molecule has 0 N–H and O–H groups in total. The van der Waals surface area contributed by atoms with Gasteiger partial charge in [-0.3, -0.25) is 9.80 Å². The lowest BCUT2D eigenvalue weighted by atomic mass is 10.1. The first kappa shape index (κ1) is 15.1. The topological polar surface area (TPSA) is 23.6 Å². The van der Waals surface area contributed by atoms with Crippen molar-refractivity contribution in [3.8, 4) is 0 Å². The Hall–Kier alpha value is -2.26. The Morgan fingerprint density at radius 3 is 2.14 bits per heavy atom. The molecule has 2 aromatic rings. The van der Waals surface area contributed by atoms with Crippen molar-refractivity contribution in [3.05, 3.63) is 71.8 Å². The molecule has 2 rings (SSSR count). The second-order valence-electron chi connectivity index (χ2n) is 4.69.